The highest BCUT2D eigenvalue weighted by molar-refractivity contribution is 6.21. The minimum atomic E-state index is -1.01. The largest absolute Gasteiger partial charge is 0.351 e. The first kappa shape index (κ1) is 18.6. The van der Waals surface area contributed by atoms with E-state index in [1.54, 1.807) is 11.0 Å². The molecule has 6 nitrogen and oxygen atoms in total. The second kappa shape index (κ2) is 7.20. The molecule has 0 saturated heterocycles. The van der Waals surface area contributed by atoms with Crippen LogP contribution in [0.5, 0.6) is 0 Å². The Morgan fingerprint density at radius 3 is 2.66 bits per heavy atom. The monoisotopic (exact) mass is 420 g/mol. The molecule has 4 aromatic rings. The fraction of sp³-hybridized carbons (Fsp3) is 0.115. The van der Waals surface area contributed by atoms with Gasteiger partial charge in [-0.2, -0.15) is 0 Å². The van der Waals surface area contributed by atoms with Gasteiger partial charge >= 0.3 is 0 Å². The van der Waals surface area contributed by atoms with Crippen molar-refractivity contribution in [3.63, 3.8) is 0 Å². The van der Waals surface area contributed by atoms with Crippen LogP contribution >= 0.6 is 0 Å². The van der Waals surface area contributed by atoms with E-state index >= 15 is 0 Å². The van der Waals surface area contributed by atoms with Crippen molar-refractivity contribution in [2.24, 2.45) is 4.99 Å². The number of anilines is 1. The highest BCUT2D eigenvalue weighted by Crippen LogP contribution is 2.36. The predicted octanol–water partition coefficient (Wildman–Crippen LogP) is 3.66. The summed E-state index contributed by atoms with van der Waals surface area (Å²) in [5, 5.41) is 3.80. The molecule has 1 atom stereocenters. The van der Waals surface area contributed by atoms with Gasteiger partial charge in [0.1, 0.15) is 5.69 Å². The van der Waals surface area contributed by atoms with Crippen molar-refractivity contribution < 1.29 is 9.59 Å². The average molecular weight is 420 g/mol. The number of rotatable bonds is 3. The number of nitrogens with one attached hydrogen (secondary N) is 2. The second-order valence-electron chi connectivity index (χ2n) is 8.04. The topological polar surface area (TPSA) is 77.6 Å². The van der Waals surface area contributed by atoms with Gasteiger partial charge in [0.15, 0.2) is 0 Å². The number of aromatic nitrogens is 1. The maximum absolute atomic E-state index is 13.5. The second-order valence-corrected chi connectivity index (χ2v) is 8.04. The number of hydrogen-bond donors (Lipinski definition) is 2. The Hall–Kier alpha value is -4.19. The molecule has 1 unspecified atom stereocenters. The lowest BCUT2D eigenvalue weighted by molar-refractivity contribution is -0.120. The minimum Gasteiger partial charge on any atom is -0.351 e. The number of carbonyl (C=O) groups excluding carboxylic acids is 2. The summed E-state index contributed by atoms with van der Waals surface area (Å²) in [6.45, 7) is 0.585. The van der Waals surface area contributed by atoms with Gasteiger partial charge in [0, 0.05) is 28.6 Å². The molecule has 0 saturated carbocycles. The van der Waals surface area contributed by atoms with Gasteiger partial charge < -0.3 is 15.2 Å². The predicted molar refractivity (Wildman–Crippen MR) is 124 cm³/mol. The molecule has 0 aliphatic carbocycles. The Kier molecular flexibility index (Phi) is 4.18. The third-order valence-electron chi connectivity index (χ3n) is 6.10. The van der Waals surface area contributed by atoms with E-state index in [1.165, 1.54) is 0 Å². The summed E-state index contributed by atoms with van der Waals surface area (Å²) in [6.07, 6.45) is -0.220. The molecule has 2 aliphatic heterocycles. The first-order valence-corrected chi connectivity index (χ1v) is 10.6. The number of hydrogen-bond acceptors (Lipinski definition) is 3. The molecule has 1 aromatic heterocycles. The van der Waals surface area contributed by atoms with Crippen molar-refractivity contribution in [2.75, 3.05) is 11.4 Å². The Bertz CT molecular complexity index is 1370. The number of fused-ring (bicyclic) bond motifs is 1. The number of carbonyl (C=O) groups is 2. The summed E-state index contributed by atoms with van der Waals surface area (Å²) in [4.78, 5) is 36.2. The summed E-state index contributed by atoms with van der Waals surface area (Å²) < 4.78 is 0. The van der Waals surface area contributed by atoms with E-state index in [1.807, 2.05) is 66.7 Å². The lowest BCUT2D eigenvalue weighted by Gasteiger charge is -2.20. The number of H-pyrrole nitrogens is 1. The van der Waals surface area contributed by atoms with Gasteiger partial charge in [-0.25, -0.2) is 4.99 Å². The van der Waals surface area contributed by atoms with Crippen LogP contribution in [0.4, 0.5) is 5.69 Å². The van der Waals surface area contributed by atoms with Crippen molar-refractivity contribution >= 4 is 34.1 Å². The zero-order valence-electron chi connectivity index (χ0n) is 17.2. The van der Waals surface area contributed by atoms with Crippen LogP contribution in [-0.2, 0) is 11.2 Å². The maximum Gasteiger partial charge on any atom is 0.272 e. The van der Waals surface area contributed by atoms with E-state index < -0.39 is 6.17 Å². The highest BCUT2D eigenvalue weighted by Gasteiger charge is 2.37. The lowest BCUT2D eigenvalue weighted by atomic mass is 9.98. The van der Waals surface area contributed by atoms with E-state index in [0.717, 1.165) is 39.7 Å². The number of para-hydroxylation sites is 2. The molecule has 3 aromatic carbocycles. The van der Waals surface area contributed by atoms with Crippen molar-refractivity contribution in [1.82, 2.24) is 10.3 Å². The van der Waals surface area contributed by atoms with E-state index in [9.17, 15) is 9.59 Å². The van der Waals surface area contributed by atoms with E-state index in [2.05, 4.69) is 16.4 Å². The molecular weight excluding hydrogens is 400 g/mol. The summed E-state index contributed by atoms with van der Waals surface area (Å²) in [5.74, 6) is -0.576. The van der Waals surface area contributed by atoms with Crippen molar-refractivity contribution in [3.05, 3.63) is 101 Å². The normalized spacial score (nSPS) is 17.1. The van der Waals surface area contributed by atoms with Crippen molar-refractivity contribution in [3.8, 4) is 0 Å². The first-order chi connectivity index (χ1) is 15.7. The van der Waals surface area contributed by atoms with E-state index in [4.69, 9.17) is 4.99 Å². The van der Waals surface area contributed by atoms with Gasteiger partial charge in [-0.05, 0) is 24.1 Å². The van der Waals surface area contributed by atoms with Gasteiger partial charge in [0.25, 0.3) is 11.8 Å². The van der Waals surface area contributed by atoms with Gasteiger partial charge in [0.05, 0.1) is 11.4 Å². The van der Waals surface area contributed by atoms with Gasteiger partial charge in [-0.15, -0.1) is 0 Å². The third-order valence-corrected chi connectivity index (χ3v) is 6.10. The molecule has 3 heterocycles. The Morgan fingerprint density at radius 2 is 1.81 bits per heavy atom. The number of aromatic amines is 1. The zero-order chi connectivity index (χ0) is 21.7. The van der Waals surface area contributed by atoms with Crippen molar-refractivity contribution in [1.29, 1.82) is 0 Å². The molecule has 0 radical (unpaired) electrons. The molecule has 0 spiro atoms. The number of aliphatic imine (C=N–C) groups is 1. The highest BCUT2D eigenvalue weighted by atomic mass is 16.2. The Balaban J connectivity index is 1.43. The van der Waals surface area contributed by atoms with Crippen LogP contribution in [0, 0.1) is 0 Å². The van der Waals surface area contributed by atoms with Crippen LogP contribution in [0.1, 0.15) is 27.2 Å². The third kappa shape index (κ3) is 2.92. The van der Waals surface area contributed by atoms with Crippen LogP contribution in [0.15, 0.2) is 83.9 Å². The van der Waals surface area contributed by atoms with Gasteiger partial charge in [-0.3, -0.25) is 9.59 Å². The van der Waals surface area contributed by atoms with Crippen LogP contribution in [0.2, 0.25) is 0 Å². The average Bonchev–Trinajstić information content (AvgIpc) is 3.43. The summed E-state index contributed by atoms with van der Waals surface area (Å²) in [7, 11) is 0. The number of benzene rings is 3. The summed E-state index contributed by atoms with van der Waals surface area (Å²) in [5.41, 5.74) is 5.84. The molecular formula is C26H20N4O2. The summed E-state index contributed by atoms with van der Waals surface area (Å²) >= 11 is 0. The SMILES string of the molecule is O=C(NC1N=C(c2ccccc2)c2cccc3c2N(CC3)C1=O)c1cc2ccccc2[nH]1. The molecule has 2 N–H and O–H groups in total. The molecule has 6 rings (SSSR count). The molecule has 0 bridgehead atoms. The number of amides is 2. The minimum absolute atomic E-state index is 0.216. The molecule has 2 aliphatic rings. The molecule has 6 heteroatoms. The lowest BCUT2D eigenvalue weighted by Crippen LogP contribution is -2.47. The van der Waals surface area contributed by atoms with Crippen LogP contribution in [0.3, 0.4) is 0 Å². The summed E-state index contributed by atoms with van der Waals surface area (Å²) in [6, 6.07) is 25.3. The van der Waals surface area contributed by atoms with E-state index in [-0.39, 0.29) is 11.8 Å². The molecule has 2 amide bonds. The quantitative estimate of drug-likeness (QED) is 0.531. The van der Waals surface area contributed by atoms with Crippen LogP contribution in [0.25, 0.3) is 10.9 Å². The zero-order valence-corrected chi connectivity index (χ0v) is 17.2. The van der Waals surface area contributed by atoms with E-state index in [0.29, 0.717) is 18.0 Å². The van der Waals surface area contributed by atoms with Crippen molar-refractivity contribution in [2.45, 2.75) is 12.6 Å². The Labute approximate surface area is 184 Å². The van der Waals surface area contributed by atoms with Crippen LogP contribution in [-0.4, -0.2) is 35.2 Å². The first-order valence-electron chi connectivity index (χ1n) is 10.6. The molecule has 32 heavy (non-hydrogen) atoms. The molecule has 156 valence electrons. The Morgan fingerprint density at radius 1 is 1.00 bits per heavy atom. The molecule has 0 fully saturated rings. The van der Waals surface area contributed by atoms with Gasteiger partial charge in [0.2, 0.25) is 6.17 Å². The van der Waals surface area contributed by atoms with Gasteiger partial charge in [-0.1, -0.05) is 66.7 Å². The fourth-order valence-electron chi connectivity index (χ4n) is 4.59. The smallest absolute Gasteiger partial charge is 0.272 e. The standard InChI is InChI=1S/C26H20N4O2/c31-25(21-15-18-9-4-5-12-20(18)27-21)29-24-26(32)30-14-13-17-10-6-11-19(23(17)30)22(28-24)16-7-2-1-3-8-16/h1-12,15,24,27H,13-14H2,(H,29,31). The number of nitrogens with zero attached hydrogens (tertiary/aromatic N) is 2. The maximum atomic E-state index is 13.5. The fourth-order valence-corrected chi connectivity index (χ4v) is 4.59. The van der Waals surface area contributed by atoms with Crippen LogP contribution < -0.4 is 10.2 Å².